The van der Waals surface area contributed by atoms with Crippen LogP contribution in [0.5, 0.6) is 0 Å². The Labute approximate surface area is 269 Å². The molecular formula is C32H49N3O9S. The predicted molar refractivity (Wildman–Crippen MR) is 173 cm³/mol. The second-order valence-electron chi connectivity index (χ2n) is 11.0. The van der Waals surface area contributed by atoms with Crippen molar-refractivity contribution in [1.82, 2.24) is 10.6 Å². The fourth-order valence-corrected chi connectivity index (χ4v) is 5.62. The Kier molecular flexibility index (Phi) is 20.2. The van der Waals surface area contributed by atoms with Gasteiger partial charge in [-0.3, -0.25) is 24.0 Å². The van der Waals surface area contributed by atoms with Gasteiger partial charge in [0.25, 0.3) is 0 Å². The summed E-state index contributed by atoms with van der Waals surface area (Å²) in [5, 5.41) is 41.9. The third kappa shape index (κ3) is 18.9. The smallest absolute Gasteiger partial charge is 0.322 e. The van der Waals surface area contributed by atoms with Crippen LogP contribution in [-0.2, 0) is 36.8 Å². The van der Waals surface area contributed by atoms with Crippen LogP contribution in [0.2, 0.25) is 0 Å². The molecule has 0 bridgehead atoms. The van der Waals surface area contributed by atoms with E-state index in [0.717, 1.165) is 30.2 Å². The van der Waals surface area contributed by atoms with Crippen LogP contribution >= 0.6 is 11.8 Å². The molecule has 0 spiro atoms. The van der Waals surface area contributed by atoms with Gasteiger partial charge in [-0.1, -0.05) is 69.0 Å². The standard InChI is InChI=1S/C32H49N3O9S/c1-2-3-4-5-6-9-22-14-16-23(17-15-22)10-7-12-27(26(36)11-8-13-29(38)39)45-21-25(31(42)34-20-30(40)41)35-28(37)19-18-24(33)32(43)44/h7,12,14-17,24-27,36H,2-6,8-11,13,18-21,33H2,1H3,(H,34,42)(H,35,37)(H,38,39)(H,40,41)(H,43,44)/b12-7+/t24?,25?,26-,27+/m1/s1. The van der Waals surface area contributed by atoms with E-state index in [4.69, 9.17) is 21.1 Å². The molecule has 0 aromatic heterocycles. The first kappa shape index (κ1) is 39.6. The average Bonchev–Trinajstić information content (AvgIpc) is 2.99. The molecule has 252 valence electrons. The number of aryl methyl sites for hydroxylation is 1. The van der Waals surface area contributed by atoms with Gasteiger partial charge in [-0.2, -0.15) is 0 Å². The number of nitrogens with one attached hydrogen (secondary N) is 2. The minimum Gasteiger partial charge on any atom is -0.481 e. The third-order valence-corrected chi connectivity index (χ3v) is 8.44. The van der Waals surface area contributed by atoms with E-state index in [0.29, 0.717) is 6.42 Å². The van der Waals surface area contributed by atoms with Crippen molar-refractivity contribution < 1.29 is 44.4 Å². The highest BCUT2D eigenvalue weighted by Gasteiger charge is 2.26. The molecule has 1 rings (SSSR count). The summed E-state index contributed by atoms with van der Waals surface area (Å²) in [6.07, 6.45) is 10.3. The van der Waals surface area contributed by atoms with Crippen LogP contribution in [0.1, 0.15) is 82.3 Å². The number of thioether (sulfide) groups is 1. The van der Waals surface area contributed by atoms with Crippen LogP contribution < -0.4 is 16.4 Å². The Bertz CT molecular complexity index is 1100. The first-order valence-electron chi connectivity index (χ1n) is 15.5. The van der Waals surface area contributed by atoms with E-state index in [2.05, 4.69) is 41.8 Å². The Balaban J connectivity index is 2.92. The third-order valence-electron chi connectivity index (χ3n) is 7.06. The summed E-state index contributed by atoms with van der Waals surface area (Å²) in [5.41, 5.74) is 7.81. The van der Waals surface area contributed by atoms with Gasteiger partial charge >= 0.3 is 17.9 Å². The van der Waals surface area contributed by atoms with Crippen molar-refractivity contribution in [2.24, 2.45) is 5.73 Å². The molecule has 1 aromatic carbocycles. The quantitative estimate of drug-likeness (QED) is 0.0602. The maximum atomic E-state index is 12.7. The Morgan fingerprint density at radius 1 is 0.889 bits per heavy atom. The molecule has 1 aromatic rings. The van der Waals surface area contributed by atoms with Gasteiger partial charge in [0, 0.05) is 23.8 Å². The van der Waals surface area contributed by atoms with E-state index >= 15 is 0 Å². The number of carboxylic acid groups (broad SMARTS) is 3. The number of carboxylic acids is 3. The first-order valence-corrected chi connectivity index (χ1v) is 16.5. The fourth-order valence-electron chi connectivity index (χ4n) is 4.39. The predicted octanol–water partition coefficient (Wildman–Crippen LogP) is 2.89. The Hall–Kier alpha value is -3.42. The number of aliphatic carboxylic acids is 3. The summed E-state index contributed by atoms with van der Waals surface area (Å²) in [6.45, 7) is 1.53. The van der Waals surface area contributed by atoms with E-state index in [9.17, 15) is 29.1 Å². The largest absolute Gasteiger partial charge is 0.481 e. The van der Waals surface area contributed by atoms with Gasteiger partial charge in [0.1, 0.15) is 18.6 Å². The second-order valence-corrected chi connectivity index (χ2v) is 12.2. The zero-order valence-electron chi connectivity index (χ0n) is 26.0. The van der Waals surface area contributed by atoms with Crippen molar-refractivity contribution in [3.63, 3.8) is 0 Å². The fraction of sp³-hybridized carbons (Fsp3) is 0.594. The topological polar surface area (TPSA) is 216 Å². The molecule has 4 atom stereocenters. The molecule has 0 saturated carbocycles. The summed E-state index contributed by atoms with van der Waals surface area (Å²) in [4.78, 5) is 58.1. The van der Waals surface area contributed by atoms with Crippen molar-refractivity contribution in [2.45, 2.75) is 107 Å². The number of nitrogens with two attached hydrogens (primary N) is 1. The number of carbonyl (C=O) groups excluding carboxylic acids is 2. The zero-order valence-corrected chi connectivity index (χ0v) is 26.8. The van der Waals surface area contributed by atoms with Crippen molar-refractivity contribution >= 4 is 41.5 Å². The number of aliphatic hydroxyl groups is 1. The number of hydrogen-bond acceptors (Lipinski definition) is 8. The number of unbranched alkanes of at least 4 members (excludes halogenated alkanes) is 4. The lowest BCUT2D eigenvalue weighted by atomic mass is 10.0. The van der Waals surface area contributed by atoms with E-state index in [1.807, 2.05) is 6.08 Å². The molecule has 0 saturated heterocycles. The lowest BCUT2D eigenvalue weighted by Crippen LogP contribution is -2.50. The number of aliphatic hydroxyl groups excluding tert-OH is 1. The lowest BCUT2D eigenvalue weighted by molar-refractivity contribution is -0.139. The maximum Gasteiger partial charge on any atom is 0.322 e. The monoisotopic (exact) mass is 651 g/mol. The van der Waals surface area contributed by atoms with Crippen LogP contribution in [0.25, 0.3) is 0 Å². The van der Waals surface area contributed by atoms with E-state index < -0.39 is 59.7 Å². The summed E-state index contributed by atoms with van der Waals surface area (Å²) < 4.78 is 0. The Morgan fingerprint density at radius 2 is 1.56 bits per heavy atom. The average molecular weight is 652 g/mol. The highest BCUT2D eigenvalue weighted by atomic mass is 32.2. The number of benzene rings is 1. The van der Waals surface area contributed by atoms with Crippen molar-refractivity contribution in [2.75, 3.05) is 12.3 Å². The molecular weight excluding hydrogens is 602 g/mol. The van der Waals surface area contributed by atoms with Crippen LogP contribution in [-0.4, -0.2) is 85.9 Å². The SMILES string of the molecule is CCCCCCCc1ccc(C/C=C/[C@H](SCC(NC(=O)CCC(N)C(=O)O)C(=O)NCC(=O)O)[C@H](O)CCCC(=O)O)cc1. The number of allylic oxidation sites excluding steroid dienone is 1. The summed E-state index contributed by atoms with van der Waals surface area (Å²) >= 11 is 1.16. The van der Waals surface area contributed by atoms with Gasteiger partial charge in [-0.25, -0.2) is 0 Å². The highest BCUT2D eigenvalue weighted by Crippen LogP contribution is 2.22. The minimum absolute atomic E-state index is 0.0415. The van der Waals surface area contributed by atoms with Crippen LogP contribution in [0.4, 0.5) is 0 Å². The summed E-state index contributed by atoms with van der Waals surface area (Å²) in [7, 11) is 0. The van der Waals surface area contributed by atoms with E-state index in [-0.39, 0.29) is 37.9 Å². The normalized spacial score (nSPS) is 13.9. The van der Waals surface area contributed by atoms with Crippen molar-refractivity contribution in [3.8, 4) is 0 Å². The lowest BCUT2D eigenvalue weighted by Gasteiger charge is -2.23. The van der Waals surface area contributed by atoms with Crippen LogP contribution in [0.3, 0.4) is 0 Å². The number of carbonyl (C=O) groups is 5. The van der Waals surface area contributed by atoms with Crippen molar-refractivity contribution in [1.29, 1.82) is 0 Å². The van der Waals surface area contributed by atoms with Gasteiger partial charge < -0.3 is 36.8 Å². The number of hydrogen-bond donors (Lipinski definition) is 7. The number of rotatable bonds is 25. The van der Waals surface area contributed by atoms with Gasteiger partial charge in [0.2, 0.25) is 11.8 Å². The van der Waals surface area contributed by atoms with Gasteiger partial charge in [-0.05, 0) is 49.7 Å². The molecule has 0 radical (unpaired) electrons. The van der Waals surface area contributed by atoms with Crippen LogP contribution in [0.15, 0.2) is 36.4 Å². The van der Waals surface area contributed by atoms with Gasteiger partial charge in [-0.15, -0.1) is 11.8 Å². The maximum absolute atomic E-state index is 12.7. The molecule has 12 nitrogen and oxygen atoms in total. The second kappa shape index (κ2) is 23.0. The molecule has 2 unspecified atom stereocenters. The number of amides is 2. The molecule has 45 heavy (non-hydrogen) atoms. The highest BCUT2D eigenvalue weighted by molar-refractivity contribution is 8.00. The minimum atomic E-state index is -1.27. The van der Waals surface area contributed by atoms with Crippen molar-refractivity contribution in [3.05, 3.63) is 47.5 Å². The van der Waals surface area contributed by atoms with E-state index in [1.165, 1.54) is 31.2 Å². The molecule has 0 aliphatic carbocycles. The molecule has 0 heterocycles. The molecule has 0 aliphatic heterocycles. The molecule has 0 fully saturated rings. The van der Waals surface area contributed by atoms with Gasteiger partial charge in [0.15, 0.2) is 0 Å². The molecule has 13 heteroatoms. The zero-order chi connectivity index (χ0) is 33.6. The van der Waals surface area contributed by atoms with E-state index in [1.54, 1.807) is 6.08 Å². The summed E-state index contributed by atoms with van der Waals surface area (Å²) in [6, 6.07) is 5.91. The Morgan fingerprint density at radius 3 is 2.18 bits per heavy atom. The molecule has 8 N–H and O–H groups in total. The van der Waals surface area contributed by atoms with Crippen LogP contribution in [0, 0.1) is 0 Å². The molecule has 0 aliphatic rings. The summed E-state index contributed by atoms with van der Waals surface area (Å²) in [5.74, 6) is -4.96. The first-order chi connectivity index (χ1) is 21.4. The molecule has 2 amide bonds. The van der Waals surface area contributed by atoms with Gasteiger partial charge in [0.05, 0.1) is 6.10 Å².